The molecule has 0 aromatic rings. The summed E-state index contributed by atoms with van der Waals surface area (Å²) in [5, 5.41) is 0. The number of hydrogen-bond acceptors (Lipinski definition) is 0. The second-order valence-electron chi connectivity index (χ2n) is 13.8. The van der Waals surface area contributed by atoms with Crippen molar-refractivity contribution in [2.45, 2.75) is 191 Å². The van der Waals surface area contributed by atoms with Crippen molar-refractivity contribution in [2.75, 3.05) is 0 Å². The maximum Gasteiger partial charge on any atom is -0.0203 e. The van der Waals surface area contributed by atoms with Gasteiger partial charge < -0.3 is 0 Å². The van der Waals surface area contributed by atoms with E-state index in [1.54, 1.807) is 70.6 Å². The summed E-state index contributed by atoms with van der Waals surface area (Å²) in [7, 11) is 1.34. The SMILES string of the molecule is C1CCCCCCCCCC[C@H]2CC[C@@H](CCCCCCCCCC1)C(PC1C[C@H]3CC[C@H]1C3)C2. The molecule has 0 saturated heterocycles. The van der Waals surface area contributed by atoms with Gasteiger partial charge in [0.05, 0.1) is 0 Å². The monoisotopic (exact) mass is 502 g/mol. The molecule has 0 aromatic carbocycles. The first-order valence-corrected chi connectivity index (χ1v) is 18.3. The molecule has 3 unspecified atom stereocenters. The molecule has 0 heterocycles. The molecule has 0 aliphatic heterocycles. The van der Waals surface area contributed by atoms with Crippen molar-refractivity contribution >= 4 is 8.58 Å². The Morgan fingerprint density at radius 3 is 1.17 bits per heavy atom. The van der Waals surface area contributed by atoms with Crippen molar-refractivity contribution in [1.29, 1.82) is 0 Å². The molecular weight excluding hydrogens is 439 g/mol. The van der Waals surface area contributed by atoms with Crippen LogP contribution in [0.4, 0.5) is 0 Å². The van der Waals surface area contributed by atoms with Crippen molar-refractivity contribution < 1.29 is 0 Å². The van der Waals surface area contributed by atoms with E-state index in [0.29, 0.717) is 0 Å². The van der Waals surface area contributed by atoms with Crippen LogP contribution in [0.15, 0.2) is 0 Å². The minimum atomic E-state index is 1.09. The summed E-state index contributed by atoms with van der Waals surface area (Å²) in [6.45, 7) is 0. The molecule has 204 valence electrons. The minimum absolute atomic E-state index is 1.09. The summed E-state index contributed by atoms with van der Waals surface area (Å²) in [5.41, 5.74) is 2.30. The van der Waals surface area contributed by atoms with E-state index in [4.69, 9.17) is 0 Å². The van der Waals surface area contributed by atoms with Crippen molar-refractivity contribution in [2.24, 2.45) is 23.7 Å². The maximum atomic E-state index is 1.64. The first-order chi connectivity index (χ1) is 17.4. The Morgan fingerprint density at radius 1 is 0.286 bits per heavy atom. The van der Waals surface area contributed by atoms with Gasteiger partial charge in [-0.3, -0.25) is 0 Å². The van der Waals surface area contributed by atoms with Crippen molar-refractivity contribution in [1.82, 2.24) is 0 Å². The lowest BCUT2D eigenvalue weighted by atomic mass is 9.77. The Hall–Kier alpha value is 0.430. The molecule has 0 radical (unpaired) electrons. The molecule has 5 rings (SSSR count). The van der Waals surface area contributed by atoms with E-state index in [9.17, 15) is 0 Å². The van der Waals surface area contributed by atoms with E-state index in [0.717, 1.165) is 35.0 Å². The first-order valence-electron chi connectivity index (χ1n) is 17.1. The number of hydrogen-bond donors (Lipinski definition) is 0. The predicted octanol–water partition coefficient (Wildman–Crippen LogP) is 11.8. The van der Waals surface area contributed by atoms with Gasteiger partial charge in [-0.1, -0.05) is 141 Å². The molecule has 35 heavy (non-hydrogen) atoms. The summed E-state index contributed by atoms with van der Waals surface area (Å²) < 4.78 is 0. The van der Waals surface area contributed by atoms with Crippen molar-refractivity contribution in [3.05, 3.63) is 0 Å². The van der Waals surface area contributed by atoms with E-state index in [-0.39, 0.29) is 0 Å². The van der Waals surface area contributed by atoms with Crippen LogP contribution in [0, 0.1) is 23.7 Å². The topological polar surface area (TPSA) is 0 Å². The van der Waals surface area contributed by atoms with Crippen LogP contribution in [0.5, 0.6) is 0 Å². The number of rotatable bonds is 2. The van der Waals surface area contributed by atoms with E-state index >= 15 is 0 Å². The van der Waals surface area contributed by atoms with Crippen LogP contribution in [0.1, 0.15) is 180 Å². The summed E-state index contributed by atoms with van der Waals surface area (Å²) >= 11 is 0. The average Bonchev–Trinajstić information content (AvgIpc) is 3.49. The van der Waals surface area contributed by atoms with Crippen LogP contribution < -0.4 is 0 Å². The standard InChI is InChI=1S/C34H63P/c1-2-4-6-8-10-12-14-16-18-20-29-22-24-31(21-19-17-15-13-11-9-7-5-3-1)33(27-29)35-34-28-30-23-25-32(34)26-30/h29-35H,1-28H2/t29-,30-,31+,32-,33?,34?/m0/s1. The molecule has 5 saturated carbocycles. The number of fused-ring (bicyclic) bond motifs is 24. The highest BCUT2D eigenvalue weighted by atomic mass is 31.1. The average molecular weight is 503 g/mol. The second-order valence-corrected chi connectivity index (χ2v) is 15.6. The predicted molar refractivity (Wildman–Crippen MR) is 159 cm³/mol. The van der Waals surface area contributed by atoms with Crippen LogP contribution in [0.3, 0.4) is 0 Å². The Bertz CT molecular complexity index is 525. The quantitative estimate of drug-likeness (QED) is 0.329. The van der Waals surface area contributed by atoms with Gasteiger partial charge in [0, 0.05) is 0 Å². The highest BCUT2D eigenvalue weighted by molar-refractivity contribution is 7.39. The Morgan fingerprint density at radius 2 is 0.686 bits per heavy atom. The fourth-order valence-corrected chi connectivity index (χ4v) is 11.4. The van der Waals surface area contributed by atoms with Gasteiger partial charge in [0.25, 0.3) is 0 Å². The van der Waals surface area contributed by atoms with Crippen LogP contribution in [0.2, 0.25) is 0 Å². The Kier molecular flexibility index (Phi) is 13.9. The molecule has 0 spiro atoms. The Labute approximate surface area is 223 Å². The van der Waals surface area contributed by atoms with Crippen LogP contribution >= 0.6 is 8.58 Å². The zero-order valence-electron chi connectivity index (χ0n) is 23.8. The summed E-state index contributed by atoms with van der Waals surface area (Å²) in [5.74, 6) is 4.51. The summed E-state index contributed by atoms with van der Waals surface area (Å²) in [6, 6.07) is 0. The molecule has 5 fully saturated rings. The smallest absolute Gasteiger partial charge is 0.0203 e. The van der Waals surface area contributed by atoms with E-state index in [1.807, 2.05) is 0 Å². The molecular formula is C34H63P. The van der Waals surface area contributed by atoms with Gasteiger partial charge in [-0.05, 0) is 73.5 Å². The van der Waals surface area contributed by atoms with Gasteiger partial charge in [0.1, 0.15) is 0 Å². The lowest BCUT2D eigenvalue weighted by Gasteiger charge is -2.39. The zero-order valence-corrected chi connectivity index (χ0v) is 24.8. The van der Waals surface area contributed by atoms with Crippen molar-refractivity contribution in [3.63, 3.8) is 0 Å². The molecule has 7 atom stereocenters. The van der Waals surface area contributed by atoms with Gasteiger partial charge in [-0.25, -0.2) is 0 Å². The first kappa shape index (κ1) is 28.4. The Balaban J connectivity index is 1.21. The van der Waals surface area contributed by atoms with Crippen molar-refractivity contribution in [3.8, 4) is 0 Å². The molecule has 0 aromatic heterocycles. The fourth-order valence-electron chi connectivity index (χ4n) is 8.70. The maximum absolute atomic E-state index is 1.64. The molecule has 0 nitrogen and oxygen atoms in total. The van der Waals surface area contributed by atoms with Crippen LogP contribution in [-0.2, 0) is 0 Å². The van der Waals surface area contributed by atoms with Crippen LogP contribution in [-0.4, -0.2) is 11.3 Å². The summed E-state index contributed by atoms with van der Waals surface area (Å²) in [6.07, 6.45) is 43.2. The van der Waals surface area contributed by atoms with E-state index < -0.39 is 0 Å². The molecule has 1 heteroatoms. The highest BCUT2D eigenvalue weighted by Crippen LogP contribution is 2.56. The second kappa shape index (κ2) is 17.1. The largest absolute Gasteiger partial charge is 0.115 e. The molecule has 0 amide bonds. The third kappa shape index (κ3) is 10.6. The highest BCUT2D eigenvalue weighted by Gasteiger charge is 2.42. The fraction of sp³-hybridized carbons (Fsp3) is 1.00. The van der Waals surface area contributed by atoms with Crippen LogP contribution in [0.25, 0.3) is 0 Å². The molecule has 0 N–H and O–H groups in total. The van der Waals surface area contributed by atoms with Gasteiger partial charge in [0.15, 0.2) is 0 Å². The lowest BCUT2D eigenvalue weighted by Crippen LogP contribution is -2.29. The molecule has 5 aliphatic carbocycles. The van der Waals surface area contributed by atoms with Gasteiger partial charge >= 0.3 is 0 Å². The zero-order chi connectivity index (χ0) is 24.0. The molecule has 5 aliphatic rings. The van der Waals surface area contributed by atoms with Gasteiger partial charge in [-0.15, -0.1) is 8.58 Å². The van der Waals surface area contributed by atoms with E-state index in [1.165, 1.54) is 118 Å². The third-order valence-electron chi connectivity index (χ3n) is 11.0. The van der Waals surface area contributed by atoms with Gasteiger partial charge in [0.2, 0.25) is 0 Å². The summed E-state index contributed by atoms with van der Waals surface area (Å²) in [4.78, 5) is 0. The normalized spacial score (nSPS) is 38.4. The minimum Gasteiger partial charge on any atom is -0.115 e. The molecule has 4 bridgehead atoms. The lowest BCUT2D eigenvalue weighted by molar-refractivity contribution is 0.250. The van der Waals surface area contributed by atoms with Gasteiger partial charge in [-0.2, -0.15) is 0 Å². The van der Waals surface area contributed by atoms with E-state index in [2.05, 4.69) is 0 Å². The third-order valence-corrected chi connectivity index (χ3v) is 13.2.